The second kappa shape index (κ2) is 18.4. The molecule has 0 saturated heterocycles. The number of hydrogen-bond acceptors (Lipinski definition) is 4. The lowest BCUT2D eigenvalue weighted by molar-refractivity contribution is 0.856. The Morgan fingerprint density at radius 2 is 0.892 bits per heavy atom. The molecule has 0 radical (unpaired) electrons. The largest absolute Gasteiger partial charge is 0.309 e. The lowest BCUT2D eigenvalue weighted by Gasteiger charge is -2.23. The second-order valence-corrected chi connectivity index (χ2v) is 20.2. The van der Waals surface area contributed by atoms with E-state index < -0.39 is 0 Å². The first kappa shape index (κ1) is 43.5. The summed E-state index contributed by atoms with van der Waals surface area (Å²) in [7, 11) is 0. The molecule has 0 fully saturated rings. The van der Waals surface area contributed by atoms with Gasteiger partial charge >= 0.3 is 0 Å². The number of benzene rings is 10. The highest BCUT2D eigenvalue weighted by Gasteiger charge is 2.22. The maximum absolute atomic E-state index is 5.06. The lowest BCUT2D eigenvalue weighted by atomic mass is 9.80. The Morgan fingerprint density at radius 1 is 0.365 bits per heavy atom. The molecule has 0 bridgehead atoms. The van der Waals surface area contributed by atoms with Crippen molar-refractivity contribution in [3.8, 4) is 84.4 Å². The van der Waals surface area contributed by atoms with Gasteiger partial charge in [-0.2, -0.15) is 0 Å². The number of fused-ring (bicyclic) bond motifs is 6. The summed E-state index contributed by atoms with van der Waals surface area (Å²) in [4.78, 5) is 15.1. The minimum atomic E-state index is 0.257. The SMILES string of the molecule is C1=CCC(c2cc(-c3cccc(-n4c5ccccc5c5cc(-c6ccc7sc8ccc(-c9nc(-c%10ccccc%10)nc(-c%10ccccc%10)n9)cc8c7c6)ccc54)c3)cc(-c3ccccc3)c2-c2ccccc2)C=C1. The molecule has 74 heavy (non-hydrogen) atoms. The molecule has 0 saturated carbocycles. The molecule has 13 aromatic rings. The number of aromatic nitrogens is 4. The van der Waals surface area contributed by atoms with Gasteiger partial charge in [0.25, 0.3) is 0 Å². The standard InChI is InChI=1S/C69H46N4S/c1-6-19-45(20-7-1)57-43-54(44-58(46-21-8-2-9-22-46)66(57)47-23-10-3-11-24-47)50-29-18-30-55(39-50)73-62-32-17-16-31-56(62)59-40-51(33-36-63(59)73)52-34-37-64-60(41-52)61-42-53(35-38-65(61)74-64)69-71-67(48-25-12-4-13-26-48)70-68(72-69)49-27-14-5-15-28-49/h1-21,23-44,46H,22H2. The molecular weight excluding hydrogens is 917 g/mol. The quantitative estimate of drug-likeness (QED) is 0.145. The van der Waals surface area contributed by atoms with Gasteiger partial charge in [-0.25, -0.2) is 15.0 Å². The maximum atomic E-state index is 5.06. The van der Waals surface area contributed by atoms with Crippen LogP contribution in [0.1, 0.15) is 17.9 Å². The summed E-state index contributed by atoms with van der Waals surface area (Å²) in [5.41, 5.74) is 17.4. The molecule has 0 amide bonds. The van der Waals surface area contributed by atoms with Crippen molar-refractivity contribution in [3.05, 3.63) is 266 Å². The number of nitrogens with zero attached hydrogens (tertiary/aromatic N) is 4. The van der Waals surface area contributed by atoms with Crippen LogP contribution < -0.4 is 0 Å². The summed E-state index contributed by atoms with van der Waals surface area (Å²) in [6, 6.07) is 85.4. The Hall–Kier alpha value is -9.29. The molecule has 1 aliphatic carbocycles. The van der Waals surface area contributed by atoms with Crippen LogP contribution in [0.4, 0.5) is 0 Å². The average molecular weight is 963 g/mol. The summed E-state index contributed by atoms with van der Waals surface area (Å²) in [6.07, 6.45) is 9.99. The van der Waals surface area contributed by atoms with Crippen LogP contribution in [0.3, 0.4) is 0 Å². The smallest absolute Gasteiger partial charge is 0.164 e. The van der Waals surface area contributed by atoms with Crippen molar-refractivity contribution >= 4 is 53.3 Å². The van der Waals surface area contributed by atoms with Crippen molar-refractivity contribution in [3.63, 3.8) is 0 Å². The minimum absolute atomic E-state index is 0.257. The van der Waals surface area contributed by atoms with E-state index in [1.54, 1.807) is 0 Å². The maximum Gasteiger partial charge on any atom is 0.164 e. The van der Waals surface area contributed by atoms with Crippen LogP contribution in [-0.2, 0) is 0 Å². The van der Waals surface area contributed by atoms with Crippen LogP contribution in [0.5, 0.6) is 0 Å². The molecule has 10 aromatic carbocycles. The Bertz CT molecular complexity index is 4270. The van der Waals surface area contributed by atoms with Crippen LogP contribution >= 0.6 is 11.3 Å². The van der Waals surface area contributed by atoms with Gasteiger partial charge in [0.1, 0.15) is 0 Å². The fourth-order valence-electron chi connectivity index (χ4n) is 11.0. The predicted octanol–water partition coefficient (Wildman–Crippen LogP) is 18.6. The summed E-state index contributed by atoms with van der Waals surface area (Å²) in [6.45, 7) is 0. The molecule has 3 heterocycles. The van der Waals surface area contributed by atoms with E-state index >= 15 is 0 Å². The number of para-hydroxylation sites is 1. The number of rotatable bonds is 9. The van der Waals surface area contributed by atoms with Crippen LogP contribution in [0.25, 0.3) is 126 Å². The van der Waals surface area contributed by atoms with Crippen molar-refractivity contribution in [1.29, 1.82) is 0 Å². The minimum Gasteiger partial charge on any atom is -0.309 e. The Labute approximate surface area is 433 Å². The van der Waals surface area contributed by atoms with Crippen molar-refractivity contribution in [2.75, 3.05) is 0 Å². The van der Waals surface area contributed by atoms with Crippen molar-refractivity contribution < 1.29 is 0 Å². The summed E-state index contributed by atoms with van der Waals surface area (Å²) >= 11 is 1.82. The first-order valence-corrected chi connectivity index (χ1v) is 26.1. The summed E-state index contributed by atoms with van der Waals surface area (Å²) < 4.78 is 4.91. The highest BCUT2D eigenvalue weighted by molar-refractivity contribution is 7.25. The molecule has 0 spiro atoms. The van der Waals surface area contributed by atoms with Crippen molar-refractivity contribution in [2.45, 2.75) is 12.3 Å². The highest BCUT2D eigenvalue weighted by atomic mass is 32.1. The molecule has 1 atom stereocenters. The normalized spacial score (nSPS) is 13.4. The van der Waals surface area contributed by atoms with E-state index in [0.717, 1.165) is 28.8 Å². The van der Waals surface area contributed by atoms with Gasteiger partial charge in [0.05, 0.1) is 11.0 Å². The molecule has 5 heteroatoms. The van der Waals surface area contributed by atoms with Gasteiger partial charge in [0.2, 0.25) is 0 Å². The lowest BCUT2D eigenvalue weighted by Crippen LogP contribution is -2.02. The zero-order chi connectivity index (χ0) is 49.0. The number of allylic oxidation sites excluding steroid dienone is 4. The molecule has 0 N–H and O–H groups in total. The fraction of sp³-hybridized carbons (Fsp3) is 0.0290. The molecule has 1 aliphatic rings. The zero-order valence-electron chi connectivity index (χ0n) is 40.3. The molecule has 14 rings (SSSR count). The topological polar surface area (TPSA) is 43.6 Å². The monoisotopic (exact) mass is 962 g/mol. The van der Waals surface area contributed by atoms with E-state index in [1.807, 2.05) is 47.7 Å². The second-order valence-electron chi connectivity index (χ2n) is 19.1. The van der Waals surface area contributed by atoms with E-state index in [2.05, 4.69) is 229 Å². The van der Waals surface area contributed by atoms with Crippen LogP contribution in [0.15, 0.2) is 261 Å². The van der Waals surface area contributed by atoms with Crippen molar-refractivity contribution in [2.24, 2.45) is 0 Å². The highest BCUT2D eigenvalue weighted by Crippen LogP contribution is 2.45. The van der Waals surface area contributed by atoms with E-state index in [-0.39, 0.29) is 5.92 Å². The number of hydrogen-bond donors (Lipinski definition) is 0. The third kappa shape index (κ3) is 7.82. The first-order valence-electron chi connectivity index (χ1n) is 25.3. The summed E-state index contributed by atoms with van der Waals surface area (Å²) in [5.74, 6) is 2.22. The Balaban J connectivity index is 0.868. The van der Waals surface area contributed by atoms with Crippen LogP contribution in [0.2, 0.25) is 0 Å². The Kier molecular flexibility index (Phi) is 10.8. The van der Waals surface area contributed by atoms with E-state index in [9.17, 15) is 0 Å². The molecule has 4 nitrogen and oxygen atoms in total. The van der Waals surface area contributed by atoms with Crippen molar-refractivity contribution in [1.82, 2.24) is 19.5 Å². The van der Waals surface area contributed by atoms with Gasteiger partial charge in [-0.15, -0.1) is 11.3 Å². The van der Waals surface area contributed by atoms with Gasteiger partial charge in [0, 0.05) is 59.2 Å². The molecule has 0 aliphatic heterocycles. The summed E-state index contributed by atoms with van der Waals surface area (Å²) in [5, 5.41) is 4.85. The zero-order valence-corrected chi connectivity index (χ0v) is 41.1. The van der Waals surface area contributed by atoms with E-state index in [0.29, 0.717) is 17.5 Å². The van der Waals surface area contributed by atoms with Gasteiger partial charge in [-0.1, -0.05) is 188 Å². The van der Waals surface area contributed by atoms with Gasteiger partial charge in [-0.3, -0.25) is 0 Å². The van der Waals surface area contributed by atoms with E-state index in [4.69, 9.17) is 15.0 Å². The predicted molar refractivity (Wildman–Crippen MR) is 311 cm³/mol. The molecule has 1 unspecified atom stereocenters. The molecule has 3 aromatic heterocycles. The third-order valence-electron chi connectivity index (χ3n) is 14.6. The first-order chi connectivity index (χ1) is 36.7. The van der Waals surface area contributed by atoms with Gasteiger partial charge in [-0.05, 0) is 129 Å². The number of thiophene rings is 1. The average Bonchev–Trinajstić information content (AvgIpc) is 4.03. The Morgan fingerprint density at radius 3 is 1.55 bits per heavy atom. The van der Waals surface area contributed by atoms with Crippen LogP contribution in [0, 0.1) is 0 Å². The molecular formula is C69H46N4S. The van der Waals surface area contributed by atoms with Crippen LogP contribution in [-0.4, -0.2) is 19.5 Å². The fourth-order valence-corrected chi connectivity index (χ4v) is 12.1. The molecule has 348 valence electrons. The van der Waals surface area contributed by atoms with Gasteiger partial charge < -0.3 is 4.57 Å². The van der Waals surface area contributed by atoms with Gasteiger partial charge in [0.15, 0.2) is 17.5 Å². The third-order valence-corrected chi connectivity index (χ3v) is 15.7. The van der Waals surface area contributed by atoms with E-state index in [1.165, 1.54) is 92.0 Å².